The Kier molecular flexibility index (Phi) is 7.33. The molecule has 0 fully saturated rings. The lowest BCUT2D eigenvalue weighted by Gasteiger charge is -2.04. The Labute approximate surface area is 157 Å². The lowest BCUT2D eigenvalue weighted by molar-refractivity contribution is -0.111. The van der Waals surface area contributed by atoms with Crippen LogP contribution >= 0.6 is 11.6 Å². The summed E-state index contributed by atoms with van der Waals surface area (Å²) in [6.07, 6.45) is 4.03. The second-order valence-corrected chi connectivity index (χ2v) is 5.38. The van der Waals surface area contributed by atoms with Crippen molar-refractivity contribution in [2.75, 3.05) is 12.1 Å². The molecule has 142 valence electrons. The van der Waals surface area contributed by atoms with Gasteiger partial charge in [0, 0.05) is 30.2 Å². The van der Waals surface area contributed by atoms with Crippen molar-refractivity contribution < 1.29 is 22.8 Å². The van der Waals surface area contributed by atoms with Crippen LogP contribution in [-0.2, 0) is 9.63 Å². The first-order valence-corrected chi connectivity index (χ1v) is 7.89. The first-order valence-electron chi connectivity index (χ1n) is 7.51. The van der Waals surface area contributed by atoms with Crippen molar-refractivity contribution in [3.8, 4) is 5.82 Å². The molecule has 0 saturated heterocycles. The normalized spacial score (nSPS) is 10.1. The molecular formula is C17H14ClF3N4O2. The number of hydrogen-bond donors (Lipinski definition) is 1. The molecule has 0 saturated carbocycles. The molecule has 3 rings (SSSR count). The van der Waals surface area contributed by atoms with E-state index in [4.69, 9.17) is 11.6 Å². The zero-order valence-electron chi connectivity index (χ0n) is 14.0. The van der Waals surface area contributed by atoms with Crippen LogP contribution in [0.2, 0.25) is 5.28 Å². The maximum Gasteiger partial charge on any atom is 0.224 e. The van der Waals surface area contributed by atoms with Crippen LogP contribution in [-0.4, -0.2) is 27.4 Å². The van der Waals surface area contributed by atoms with Crippen LogP contribution in [0, 0.1) is 24.4 Å². The largest absolute Gasteiger partial charge is 0.306 e. The molecule has 2 heterocycles. The van der Waals surface area contributed by atoms with Crippen molar-refractivity contribution >= 4 is 23.6 Å². The standard InChI is InChI=1S/C9H8ClN3.C8H6F3NO2/c1-7-3-2-6-13(7)8-4-5-11-9(10)12-8;9-6-3-5(12-14-2-1-13)4-7(10)8(6)11/h2-6H,1H3;1,3-4,12H,2H2. The first kappa shape index (κ1) is 20.4. The Morgan fingerprint density at radius 1 is 1.26 bits per heavy atom. The van der Waals surface area contributed by atoms with E-state index in [2.05, 4.69) is 20.3 Å². The Morgan fingerprint density at radius 2 is 1.96 bits per heavy atom. The zero-order chi connectivity index (χ0) is 19.8. The quantitative estimate of drug-likeness (QED) is 0.232. The summed E-state index contributed by atoms with van der Waals surface area (Å²) < 4.78 is 39.5. The van der Waals surface area contributed by atoms with Gasteiger partial charge in [0.25, 0.3) is 0 Å². The Balaban J connectivity index is 0.000000194. The molecule has 1 N–H and O–H groups in total. The smallest absolute Gasteiger partial charge is 0.224 e. The Morgan fingerprint density at radius 3 is 2.52 bits per heavy atom. The van der Waals surface area contributed by atoms with Gasteiger partial charge in [-0.2, -0.15) is 4.98 Å². The molecule has 27 heavy (non-hydrogen) atoms. The first-order chi connectivity index (χ1) is 12.9. The molecule has 0 unspecified atom stereocenters. The SMILES string of the molecule is Cc1cccn1-c1ccnc(Cl)n1.O=CCONc1cc(F)c(F)c(F)c1. The van der Waals surface area contributed by atoms with Crippen molar-refractivity contribution in [1.82, 2.24) is 14.5 Å². The number of anilines is 1. The van der Waals surface area contributed by atoms with Crippen LogP contribution in [0.5, 0.6) is 0 Å². The van der Waals surface area contributed by atoms with Crippen LogP contribution in [0.3, 0.4) is 0 Å². The third kappa shape index (κ3) is 5.80. The average Bonchev–Trinajstić information content (AvgIpc) is 3.06. The third-order valence-corrected chi connectivity index (χ3v) is 3.32. The van der Waals surface area contributed by atoms with Crippen molar-refractivity contribution in [2.45, 2.75) is 6.92 Å². The van der Waals surface area contributed by atoms with Gasteiger partial charge in [0.2, 0.25) is 5.28 Å². The van der Waals surface area contributed by atoms with Gasteiger partial charge in [0.15, 0.2) is 17.5 Å². The maximum absolute atomic E-state index is 12.6. The number of benzene rings is 1. The molecule has 0 bridgehead atoms. The minimum Gasteiger partial charge on any atom is -0.306 e. The fourth-order valence-corrected chi connectivity index (χ4v) is 2.10. The highest BCUT2D eigenvalue weighted by Crippen LogP contribution is 2.17. The summed E-state index contributed by atoms with van der Waals surface area (Å²) in [5.41, 5.74) is 3.09. The van der Waals surface area contributed by atoms with E-state index in [1.807, 2.05) is 35.9 Å². The molecule has 2 aromatic heterocycles. The number of aryl methyl sites for hydroxylation is 1. The van der Waals surface area contributed by atoms with Gasteiger partial charge < -0.3 is 9.36 Å². The van der Waals surface area contributed by atoms with Gasteiger partial charge in [-0.3, -0.25) is 10.3 Å². The van der Waals surface area contributed by atoms with Crippen LogP contribution in [0.1, 0.15) is 5.69 Å². The molecular weight excluding hydrogens is 385 g/mol. The van der Waals surface area contributed by atoms with Crippen molar-refractivity contribution in [1.29, 1.82) is 0 Å². The van der Waals surface area contributed by atoms with E-state index in [-0.39, 0.29) is 17.6 Å². The second kappa shape index (κ2) is 9.70. The number of hydrogen-bond acceptors (Lipinski definition) is 5. The molecule has 0 aliphatic rings. The summed E-state index contributed by atoms with van der Waals surface area (Å²) in [7, 11) is 0. The molecule has 0 aliphatic heterocycles. The highest BCUT2D eigenvalue weighted by molar-refractivity contribution is 6.28. The molecule has 6 nitrogen and oxygen atoms in total. The van der Waals surface area contributed by atoms with Crippen LogP contribution in [0.4, 0.5) is 18.9 Å². The number of aromatic nitrogens is 3. The second-order valence-electron chi connectivity index (χ2n) is 5.04. The predicted octanol–water partition coefficient (Wildman–Crippen LogP) is 3.88. The third-order valence-electron chi connectivity index (χ3n) is 3.14. The van der Waals surface area contributed by atoms with E-state index in [1.54, 1.807) is 6.20 Å². The topological polar surface area (TPSA) is 69.0 Å². The van der Waals surface area contributed by atoms with Crippen molar-refractivity contribution in [2.24, 2.45) is 0 Å². The van der Waals surface area contributed by atoms with Gasteiger partial charge in [-0.15, -0.1) is 0 Å². The van der Waals surface area contributed by atoms with E-state index in [0.29, 0.717) is 18.4 Å². The minimum atomic E-state index is -1.55. The fourth-order valence-electron chi connectivity index (χ4n) is 1.96. The van der Waals surface area contributed by atoms with E-state index >= 15 is 0 Å². The van der Waals surface area contributed by atoms with Gasteiger partial charge in [0.1, 0.15) is 18.7 Å². The lowest BCUT2D eigenvalue weighted by atomic mass is 10.3. The van der Waals surface area contributed by atoms with Gasteiger partial charge in [0.05, 0.1) is 5.69 Å². The highest BCUT2D eigenvalue weighted by atomic mass is 35.5. The van der Waals surface area contributed by atoms with E-state index in [1.165, 1.54) is 0 Å². The lowest BCUT2D eigenvalue weighted by Crippen LogP contribution is -2.05. The van der Waals surface area contributed by atoms with Gasteiger partial charge >= 0.3 is 0 Å². The van der Waals surface area contributed by atoms with Crippen LogP contribution in [0.25, 0.3) is 5.82 Å². The predicted molar refractivity (Wildman–Crippen MR) is 93.1 cm³/mol. The van der Waals surface area contributed by atoms with E-state index < -0.39 is 17.5 Å². The summed E-state index contributed by atoms with van der Waals surface area (Å²) in [6.45, 7) is 1.73. The summed E-state index contributed by atoms with van der Waals surface area (Å²) in [5, 5.41) is 0.269. The van der Waals surface area contributed by atoms with Gasteiger partial charge in [-0.1, -0.05) is 0 Å². The number of aldehydes is 1. The van der Waals surface area contributed by atoms with Crippen LogP contribution in [0.15, 0.2) is 42.7 Å². The monoisotopic (exact) mass is 398 g/mol. The molecule has 10 heteroatoms. The number of carbonyl (C=O) groups excluding carboxylic acids is 1. The molecule has 0 amide bonds. The summed E-state index contributed by atoms with van der Waals surface area (Å²) >= 11 is 5.68. The summed E-state index contributed by atoms with van der Waals surface area (Å²) in [4.78, 5) is 22.2. The molecule has 0 atom stereocenters. The van der Waals surface area contributed by atoms with Crippen LogP contribution < -0.4 is 5.48 Å². The molecule has 3 aromatic rings. The average molecular weight is 399 g/mol. The molecule has 0 radical (unpaired) electrons. The molecule has 0 aliphatic carbocycles. The van der Waals surface area contributed by atoms with E-state index in [9.17, 15) is 18.0 Å². The Bertz CT molecular complexity index is 898. The van der Waals surface area contributed by atoms with Gasteiger partial charge in [-0.05, 0) is 36.7 Å². The van der Waals surface area contributed by atoms with E-state index in [0.717, 1.165) is 11.5 Å². The number of carbonyl (C=O) groups is 1. The maximum atomic E-state index is 12.6. The fraction of sp³-hybridized carbons (Fsp3) is 0.118. The minimum absolute atomic E-state index is 0.108. The zero-order valence-corrected chi connectivity index (χ0v) is 14.8. The summed E-state index contributed by atoms with van der Waals surface area (Å²) in [5.74, 6) is -3.42. The highest BCUT2D eigenvalue weighted by Gasteiger charge is 2.10. The molecule has 0 spiro atoms. The number of nitrogens with zero attached hydrogens (tertiary/aromatic N) is 3. The summed E-state index contributed by atoms with van der Waals surface area (Å²) in [6, 6.07) is 7.21. The van der Waals surface area contributed by atoms with Crippen molar-refractivity contribution in [3.05, 3.63) is 71.2 Å². The number of rotatable bonds is 5. The molecule has 1 aromatic carbocycles. The number of nitrogens with one attached hydrogen (secondary N) is 1. The Hall–Kier alpha value is -2.91. The number of halogens is 4. The van der Waals surface area contributed by atoms with Crippen molar-refractivity contribution in [3.63, 3.8) is 0 Å². The van der Waals surface area contributed by atoms with Gasteiger partial charge in [-0.25, -0.2) is 18.2 Å².